The maximum atomic E-state index is 12.3. The van der Waals surface area contributed by atoms with Crippen LogP contribution in [0.4, 0.5) is 0 Å². The monoisotopic (exact) mass is 214 g/mol. The van der Waals surface area contributed by atoms with Gasteiger partial charge >= 0.3 is 0 Å². The van der Waals surface area contributed by atoms with Crippen LogP contribution in [0.3, 0.4) is 0 Å². The first-order valence-electron chi connectivity index (χ1n) is 5.70. The fraction of sp³-hybridized carbons (Fsp3) is 0.429. The summed E-state index contributed by atoms with van der Waals surface area (Å²) >= 11 is 0. The van der Waals surface area contributed by atoms with Gasteiger partial charge < -0.3 is 0 Å². The molecule has 2 nitrogen and oxygen atoms in total. The largest absolute Gasteiger partial charge is 0.294 e. The summed E-state index contributed by atoms with van der Waals surface area (Å²) in [4.78, 5) is 24.4. The molecule has 0 bridgehead atoms. The van der Waals surface area contributed by atoms with E-state index in [-0.39, 0.29) is 28.8 Å². The van der Waals surface area contributed by atoms with E-state index in [9.17, 15) is 9.59 Å². The molecule has 2 aliphatic carbocycles. The first-order valence-corrected chi connectivity index (χ1v) is 5.70. The molecule has 1 aromatic carbocycles. The van der Waals surface area contributed by atoms with E-state index in [1.165, 1.54) is 0 Å². The van der Waals surface area contributed by atoms with Gasteiger partial charge in [0.15, 0.2) is 11.6 Å². The molecule has 0 N–H and O–H groups in total. The highest BCUT2D eigenvalue weighted by Crippen LogP contribution is 2.55. The highest BCUT2D eigenvalue weighted by molar-refractivity contribution is 6.17. The van der Waals surface area contributed by atoms with Crippen molar-refractivity contribution >= 4 is 11.6 Å². The van der Waals surface area contributed by atoms with Crippen LogP contribution in [0.15, 0.2) is 24.3 Å². The Labute approximate surface area is 94.7 Å². The van der Waals surface area contributed by atoms with Crippen molar-refractivity contribution in [3.05, 3.63) is 35.4 Å². The average molecular weight is 214 g/mol. The normalized spacial score (nSPS) is 30.4. The fourth-order valence-electron chi connectivity index (χ4n) is 3.26. The van der Waals surface area contributed by atoms with Crippen molar-refractivity contribution in [2.45, 2.75) is 20.3 Å². The smallest absolute Gasteiger partial charge is 0.167 e. The van der Waals surface area contributed by atoms with Crippen LogP contribution in [-0.4, -0.2) is 11.6 Å². The van der Waals surface area contributed by atoms with Gasteiger partial charge in [-0.3, -0.25) is 9.59 Å². The number of hydrogen-bond acceptors (Lipinski definition) is 2. The van der Waals surface area contributed by atoms with E-state index in [2.05, 4.69) is 13.8 Å². The van der Waals surface area contributed by atoms with E-state index < -0.39 is 0 Å². The quantitative estimate of drug-likeness (QED) is 0.665. The summed E-state index contributed by atoms with van der Waals surface area (Å²) in [7, 11) is 0. The third-order valence-electron chi connectivity index (χ3n) is 4.07. The predicted octanol–water partition coefficient (Wildman–Crippen LogP) is 2.73. The van der Waals surface area contributed by atoms with Crippen molar-refractivity contribution in [3.63, 3.8) is 0 Å². The summed E-state index contributed by atoms with van der Waals surface area (Å²) in [5.74, 6) is 0.184. The van der Waals surface area contributed by atoms with Crippen molar-refractivity contribution in [2.24, 2.45) is 17.3 Å². The minimum Gasteiger partial charge on any atom is -0.294 e. The molecule has 82 valence electrons. The second kappa shape index (κ2) is 2.82. The Kier molecular flexibility index (Phi) is 1.72. The first-order chi connectivity index (χ1) is 7.52. The molecule has 0 spiro atoms. The number of benzene rings is 1. The summed E-state index contributed by atoms with van der Waals surface area (Å²) in [6.07, 6.45) is 0.844. The Hall–Kier alpha value is -1.44. The second-order valence-corrected chi connectivity index (χ2v) is 5.55. The topological polar surface area (TPSA) is 34.1 Å². The molecule has 2 atom stereocenters. The molecule has 0 aromatic heterocycles. The van der Waals surface area contributed by atoms with Crippen LogP contribution in [0.2, 0.25) is 0 Å². The van der Waals surface area contributed by atoms with Crippen molar-refractivity contribution in [3.8, 4) is 0 Å². The third kappa shape index (κ3) is 1.02. The first kappa shape index (κ1) is 9.76. The molecule has 0 heterocycles. The molecule has 1 aromatic rings. The molecule has 0 saturated heterocycles. The average Bonchev–Trinajstić information content (AvgIpc) is 2.24. The molecule has 3 rings (SSSR count). The molecule has 2 aliphatic rings. The number of carbonyl (C=O) groups excluding carboxylic acids is 2. The number of Topliss-reactive ketones (excluding diaryl/α,β-unsaturated/α-hetero) is 2. The molecule has 2 unspecified atom stereocenters. The van der Waals surface area contributed by atoms with Gasteiger partial charge in [-0.15, -0.1) is 0 Å². The number of hydrogen-bond donors (Lipinski definition) is 0. The van der Waals surface area contributed by atoms with Crippen molar-refractivity contribution in [1.29, 1.82) is 0 Å². The lowest BCUT2D eigenvalue weighted by Gasteiger charge is -2.51. The Morgan fingerprint density at radius 3 is 2.19 bits per heavy atom. The number of ketones is 2. The zero-order chi connectivity index (χ0) is 11.5. The van der Waals surface area contributed by atoms with Gasteiger partial charge in [-0.25, -0.2) is 0 Å². The fourth-order valence-corrected chi connectivity index (χ4v) is 3.26. The van der Waals surface area contributed by atoms with E-state index >= 15 is 0 Å². The van der Waals surface area contributed by atoms with Crippen LogP contribution in [-0.2, 0) is 0 Å². The summed E-state index contributed by atoms with van der Waals surface area (Å²) < 4.78 is 0. The second-order valence-electron chi connectivity index (χ2n) is 5.55. The Morgan fingerprint density at radius 2 is 1.62 bits per heavy atom. The summed E-state index contributed by atoms with van der Waals surface area (Å²) in [6, 6.07) is 7.21. The summed E-state index contributed by atoms with van der Waals surface area (Å²) in [5, 5.41) is 0. The van der Waals surface area contributed by atoms with Crippen LogP contribution < -0.4 is 0 Å². The van der Waals surface area contributed by atoms with Crippen LogP contribution in [0.5, 0.6) is 0 Å². The van der Waals surface area contributed by atoms with Crippen molar-refractivity contribution < 1.29 is 9.59 Å². The predicted molar refractivity (Wildman–Crippen MR) is 60.5 cm³/mol. The highest BCUT2D eigenvalue weighted by Gasteiger charge is 2.57. The van der Waals surface area contributed by atoms with E-state index in [0.29, 0.717) is 11.1 Å². The van der Waals surface area contributed by atoms with E-state index in [0.717, 1.165) is 6.42 Å². The lowest BCUT2D eigenvalue weighted by molar-refractivity contribution is 0.00218. The number of carbonyl (C=O) groups is 2. The van der Waals surface area contributed by atoms with Gasteiger partial charge in [-0.1, -0.05) is 38.1 Å². The lowest BCUT2D eigenvalue weighted by atomic mass is 9.49. The minimum absolute atomic E-state index is 0.00899. The van der Waals surface area contributed by atoms with Crippen LogP contribution in [0.25, 0.3) is 0 Å². The highest BCUT2D eigenvalue weighted by atomic mass is 16.1. The Morgan fingerprint density at radius 1 is 1.06 bits per heavy atom. The van der Waals surface area contributed by atoms with Gasteiger partial charge in [0.1, 0.15) is 0 Å². The van der Waals surface area contributed by atoms with Gasteiger partial charge in [0.2, 0.25) is 0 Å². The van der Waals surface area contributed by atoms with Gasteiger partial charge in [-0.05, 0) is 11.8 Å². The van der Waals surface area contributed by atoms with Crippen LogP contribution >= 0.6 is 0 Å². The Bertz CT molecular complexity index is 499. The van der Waals surface area contributed by atoms with Crippen LogP contribution in [0.1, 0.15) is 41.0 Å². The zero-order valence-electron chi connectivity index (χ0n) is 9.49. The summed E-state index contributed by atoms with van der Waals surface area (Å²) in [5.41, 5.74) is 1.25. The van der Waals surface area contributed by atoms with Gasteiger partial charge in [0.25, 0.3) is 0 Å². The molecule has 2 heteroatoms. The summed E-state index contributed by atoms with van der Waals surface area (Å²) in [6.45, 7) is 4.15. The van der Waals surface area contributed by atoms with E-state index in [1.54, 1.807) is 12.1 Å². The third-order valence-corrected chi connectivity index (χ3v) is 4.07. The molecule has 0 aliphatic heterocycles. The SMILES string of the molecule is CC1(C)CC2C(=O)c3ccccc3C(=O)C21. The Balaban J connectivity index is 2.16. The van der Waals surface area contributed by atoms with Gasteiger partial charge in [0.05, 0.1) is 0 Å². The molecule has 0 radical (unpaired) electrons. The number of fused-ring (bicyclic) bond motifs is 2. The van der Waals surface area contributed by atoms with Gasteiger partial charge in [-0.2, -0.15) is 0 Å². The molecule has 1 fully saturated rings. The van der Waals surface area contributed by atoms with Crippen molar-refractivity contribution in [2.75, 3.05) is 0 Å². The van der Waals surface area contributed by atoms with Gasteiger partial charge in [0, 0.05) is 23.0 Å². The lowest BCUT2D eigenvalue weighted by Crippen LogP contribution is -2.54. The van der Waals surface area contributed by atoms with Crippen LogP contribution in [0, 0.1) is 17.3 Å². The molecular formula is C14H14O2. The van der Waals surface area contributed by atoms with E-state index in [4.69, 9.17) is 0 Å². The maximum Gasteiger partial charge on any atom is 0.167 e. The molecular weight excluding hydrogens is 200 g/mol. The zero-order valence-corrected chi connectivity index (χ0v) is 9.49. The molecule has 16 heavy (non-hydrogen) atoms. The molecule has 1 saturated carbocycles. The van der Waals surface area contributed by atoms with E-state index in [1.807, 2.05) is 12.1 Å². The minimum atomic E-state index is -0.0881. The van der Waals surface area contributed by atoms with Crippen molar-refractivity contribution in [1.82, 2.24) is 0 Å². The maximum absolute atomic E-state index is 12.3. The molecule has 0 amide bonds. The standard InChI is InChI=1S/C14H14O2/c1-14(2)7-10-11(14)13(16)9-6-4-3-5-8(9)12(10)15/h3-6,10-11H,7H2,1-2H3. The number of rotatable bonds is 0.